The van der Waals surface area contributed by atoms with Crippen LogP contribution in [0.3, 0.4) is 0 Å². The summed E-state index contributed by atoms with van der Waals surface area (Å²) in [5.74, 6) is 0. The Morgan fingerprint density at radius 2 is 1.84 bits per heavy atom. The van der Waals surface area contributed by atoms with Crippen molar-refractivity contribution in [1.82, 2.24) is 10.2 Å². The third-order valence-corrected chi connectivity index (χ3v) is 4.74. The lowest BCUT2D eigenvalue weighted by Crippen LogP contribution is -2.59. The molecule has 0 amide bonds. The Morgan fingerprint density at radius 3 is 2.42 bits per heavy atom. The first-order valence-corrected chi connectivity index (χ1v) is 8.04. The van der Waals surface area contributed by atoms with Gasteiger partial charge in [-0.2, -0.15) is 0 Å². The SMILES string of the molecule is CCNC1CCC(C)(C)CC1N1CC(C)OC(C)C1. The van der Waals surface area contributed by atoms with Crippen LogP contribution in [-0.4, -0.2) is 48.8 Å². The molecule has 1 aliphatic heterocycles. The molecule has 1 heterocycles. The number of nitrogens with one attached hydrogen (secondary N) is 1. The molecule has 2 rings (SSSR count). The Labute approximate surface area is 119 Å². The normalized spacial score (nSPS) is 40.3. The van der Waals surface area contributed by atoms with Gasteiger partial charge in [0.05, 0.1) is 12.2 Å². The lowest BCUT2D eigenvalue weighted by molar-refractivity contribution is -0.0939. The third kappa shape index (κ3) is 3.93. The van der Waals surface area contributed by atoms with Crippen LogP contribution in [0, 0.1) is 5.41 Å². The van der Waals surface area contributed by atoms with Gasteiger partial charge in [-0.1, -0.05) is 20.8 Å². The summed E-state index contributed by atoms with van der Waals surface area (Å²) in [7, 11) is 0. The van der Waals surface area contributed by atoms with E-state index in [-0.39, 0.29) is 0 Å². The second kappa shape index (κ2) is 6.11. The predicted octanol–water partition coefficient (Wildman–Crippen LogP) is 2.65. The van der Waals surface area contributed by atoms with Crippen LogP contribution in [0.1, 0.15) is 53.9 Å². The summed E-state index contributed by atoms with van der Waals surface area (Å²) in [5.41, 5.74) is 0.487. The summed E-state index contributed by atoms with van der Waals surface area (Å²) in [4.78, 5) is 2.69. The lowest BCUT2D eigenvalue weighted by atomic mass is 9.72. The van der Waals surface area contributed by atoms with Crippen molar-refractivity contribution < 1.29 is 4.74 Å². The van der Waals surface area contributed by atoms with Gasteiger partial charge < -0.3 is 10.1 Å². The number of hydrogen-bond donors (Lipinski definition) is 1. The molecule has 1 saturated carbocycles. The fraction of sp³-hybridized carbons (Fsp3) is 1.00. The molecular formula is C16H32N2O. The molecule has 2 aliphatic rings. The van der Waals surface area contributed by atoms with Gasteiger partial charge in [-0.25, -0.2) is 0 Å². The first-order chi connectivity index (χ1) is 8.91. The number of hydrogen-bond acceptors (Lipinski definition) is 3. The Bertz CT molecular complexity index is 282. The molecule has 4 unspecified atom stereocenters. The molecule has 0 bridgehead atoms. The average Bonchev–Trinajstić information content (AvgIpc) is 2.30. The smallest absolute Gasteiger partial charge is 0.0678 e. The molecule has 3 nitrogen and oxygen atoms in total. The van der Waals surface area contributed by atoms with Crippen molar-refractivity contribution in [2.24, 2.45) is 5.41 Å². The minimum absolute atomic E-state index is 0.371. The van der Waals surface area contributed by atoms with Crippen molar-refractivity contribution in [3.8, 4) is 0 Å². The van der Waals surface area contributed by atoms with Crippen LogP contribution in [0.15, 0.2) is 0 Å². The Kier molecular flexibility index (Phi) is 4.91. The summed E-state index contributed by atoms with van der Waals surface area (Å²) in [6.07, 6.45) is 4.71. The Morgan fingerprint density at radius 1 is 1.21 bits per heavy atom. The fourth-order valence-corrected chi connectivity index (χ4v) is 3.92. The number of ether oxygens (including phenoxy) is 1. The average molecular weight is 268 g/mol. The molecule has 0 spiro atoms. The highest BCUT2D eigenvalue weighted by molar-refractivity contribution is 4.96. The highest BCUT2D eigenvalue weighted by atomic mass is 16.5. The minimum atomic E-state index is 0.371. The van der Waals surface area contributed by atoms with E-state index in [4.69, 9.17) is 4.74 Å². The summed E-state index contributed by atoms with van der Waals surface area (Å²) < 4.78 is 5.89. The highest BCUT2D eigenvalue weighted by Gasteiger charge is 2.39. The second-order valence-corrected chi connectivity index (χ2v) is 7.35. The summed E-state index contributed by atoms with van der Waals surface area (Å²) in [6, 6.07) is 1.34. The quantitative estimate of drug-likeness (QED) is 0.851. The standard InChI is InChI=1S/C16H32N2O/c1-6-17-14-7-8-16(4,5)9-15(14)18-10-12(2)19-13(3)11-18/h12-15,17H,6-11H2,1-5H3. The molecule has 1 N–H and O–H groups in total. The third-order valence-electron chi connectivity index (χ3n) is 4.74. The maximum atomic E-state index is 5.89. The van der Waals surface area contributed by atoms with Crippen LogP contribution in [0.4, 0.5) is 0 Å². The van der Waals surface area contributed by atoms with Gasteiger partial charge in [-0.05, 0) is 45.1 Å². The molecular weight excluding hydrogens is 236 g/mol. The molecule has 0 aromatic carbocycles. The highest BCUT2D eigenvalue weighted by Crippen LogP contribution is 2.38. The Balaban J connectivity index is 2.07. The maximum Gasteiger partial charge on any atom is 0.0678 e. The van der Waals surface area contributed by atoms with Crippen molar-refractivity contribution in [2.45, 2.75) is 78.2 Å². The van der Waals surface area contributed by atoms with E-state index in [0.717, 1.165) is 19.6 Å². The second-order valence-electron chi connectivity index (χ2n) is 7.35. The zero-order valence-corrected chi connectivity index (χ0v) is 13.4. The van der Waals surface area contributed by atoms with Crippen molar-refractivity contribution >= 4 is 0 Å². The fourth-order valence-electron chi connectivity index (χ4n) is 3.92. The van der Waals surface area contributed by atoms with E-state index in [0.29, 0.717) is 29.7 Å². The molecule has 0 aromatic rings. The zero-order chi connectivity index (χ0) is 14.0. The summed E-state index contributed by atoms with van der Waals surface area (Å²) in [5, 5.41) is 3.72. The van der Waals surface area contributed by atoms with E-state index in [2.05, 4.69) is 44.8 Å². The molecule has 4 atom stereocenters. The molecule has 2 fully saturated rings. The molecule has 3 heteroatoms. The van der Waals surface area contributed by atoms with E-state index in [9.17, 15) is 0 Å². The van der Waals surface area contributed by atoms with Crippen molar-refractivity contribution in [2.75, 3.05) is 19.6 Å². The minimum Gasteiger partial charge on any atom is -0.373 e. The predicted molar refractivity (Wildman–Crippen MR) is 80.5 cm³/mol. The number of likely N-dealkylation sites (N-methyl/N-ethyl adjacent to an activating group) is 1. The van der Waals surface area contributed by atoms with E-state index in [1.165, 1.54) is 19.3 Å². The van der Waals surface area contributed by atoms with Crippen LogP contribution in [0.25, 0.3) is 0 Å². The molecule has 1 aliphatic carbocycles. The van der Waals surface area contributed by atoms with E-state index >= 15 is 0 Å². The van der Waals surface area contributed by atoms with E-state index in [1.54, 1.807) is 0 Å². The van der Waals surface area contributed by atoms with Crippen LogP contribution < -0.4 is 5.32 Å². The number of morpholine rings is 1. The van der Waals surface area contributed by atoms with E-state index in [1.807, 2.05) is 0 Å². The van der Waals surface area contributed by atoms with Crippen LogP contribution in [0.5, 0.6) is 0 Å². The first kappa shape index (κ1) is 15.3. The maximum absolute atomic E-state index is 5.89. The number of rotatable bonds is 3. The summed E-state index contributed by atoms with van der Waals surface area (Å²) >= 11 is 0. The van der Waals surface area contributed by atoms with Crippen molar-refractivity contribution in [3.63, 3.8) is 0 Å². The first-order valence-electron chi connectivity index (χ1n) is 8.04. The number of nitrogens with zero attached hydrogens (tertiary/aromatic N) is 1. The van der Waals surface area contributed by atoms with Gasteiger partial charge in [0.15, 0.2) is 0 Å². The van der Waals surface area contributed by atoms with Gasteiger partial charge in [0.1, 0.15) is 0 Å². The van der Waals surface area contributed by atoms with Gasteiger partial charge in [0, 0.05) is 25.2 Å². The largest absolute Gasteiger partial charge is 0.373 e. The van der Waals surface area contributed by atoms with Crippen LogP contribution >= 0.6 is 0 Å². The molecule has 112 valence electrons. The van der Waals surface area contributed by atoms with Gasteiger partial charge >= 0.3 is 0 Å². The van der Waals surface area contributed by atoms with Crippen molar-refractivity contribution in [1.29, 1.82) is 0 Å². The van der Waals surface area contributed by atoms with Crippen LogP contribution in [0.2, 0.25) is 0 Å². The summed E-state index contributed by atoms with van der Waals surface area (Å²) in [6.45, 7) is 14.8. The van der Waals surface area contributed by atoms with Gasteiger partial charge in [-0.3, -0.25) is 4.90 Å². The van der Waals surface area contributed by atoms with Crippen LogP contribution in [-0.2, 0) is 4.74 Å². The van der Waals surface area contributed by atoms with E-state index < -0.39 is 0 Å². The topological polar surface area (TPSA) is 24.5 Å². The Hall–Kier alpha value is -0.120. The van der Waals surface area contributed by atoms with Crippen molar-refractivity contribution in [3.05, 3.63) is 0 Å². The van der Waals surface area contributed by atoms with Gasteiger partial charge in [0.2, 0.25) is 0 Å². The van der Waals surface area contributed by atoms with Gasteiger partial charge in [-0.15, -0.1) is 0 Å². The zero-order valence-electron chi connectivity index (χ0n) is 13.4. The lowest BCUT2D eigenvalue weighted by Gasteiger charge is -2.49. The van der Waals surface area contributed by atoms with Gasteiger partial charge in [0.25, 0.3) is 0 Å². The molecule has 1 saturated heterocycles. The molecule has 0 radical (unpaired) electrons. The molecule has 0 aromatic heterocycles. The molecule has 19 heavy (non-hydrogen) atoms. The monoisotopic (exact) mass is 268 g/mol.